The molecule has 0 bridgehead atoms. The molecule has 2 saturated heterocycles. The maximum absolute atomic E-state index is 12.5. The number of hydrogen-bond acceptors (Lipinski definition) is 4. The van der Waals surface area contributed by atoms with E-state index < -0.39 is 5.41 Å². The summed E-state index contributed by atoms with van der Waals surface area (Å²) in [5, 5.41) is 0. The topological polar surface area (TPSA) is 64.8 Å². The first kappa shape index (κ1) is 13.8. The van der Waals surface area contributed by atoms with Gasteiger partial charge in [0.1, 0.15) is 0 Å². The Morgan fingerprint density at radius 2 is 2.28 bits per heavy atom. The van der Waals surface area contributed by atoms with Gasteiger partial charge in [-0.15, -0.1) is 0 Å². The number of carbonyl (C=O) groups is 1. The molecule has 0 aromatic carbocycles. The van der Waals surface area contributed by atoms with Crippen LogP contribution in [-0.2, 0) is 14.3 Å². The quantitative estimate of drug-likeness (QED) is 0.793. The second-order valence-electron chi connectivity index (χ2n) is 5.71. The molecular formula is C13H24N2O3. The van der Waals surface area contributed by atoms with Gasteiger partial charge in [0, 0.05) is 26.2 Å². The minimum absolute atomic E-state index is 0.0710. The number of nitrogens with zero attached hydrogens (tertiary/aromatic N) is 1. The predicted molar refractivity (Wildman–Crippen MR) is 68.1 cm³/mol. The van der Waals surface area contributed by atoms with E-state index in [0.29, 0.717) is 19.8 Å². The van der Waals surface area contributed by atoms with Gasteiger partial charge in [0.25, 0.3) is 0 Å². The summed E-state index contributed by atoms with van der Waals surface area (Å²) in [6.45, 7) is 4.25. The monoisotopic (exact) mass is 256 g/mol. The fourth-order valence-corrected chi connectivity index (χ4v) is 2.68. The molecule has 2 fully saturated rings. The first-order valence-electron chi connectivity index (χ1n) is 6.74. The van der Waals surface area contributed by atoms with Crippen LogP contribution in [0.2, 0.25) is 0 Å². The van der Waals surface area contributed by atoms with Crippen molar-refractivity contribution >= 4 is 5.91 Å². The molecule has 18 heavy (non-hydrogen) atoms. The average Bonchev–Trinajstić information content (AvgIpc) is 2.71. The molecular weight excluding hydrogens is 232 g/mol. The van der Waals surface area contributed by atoms with Crippen LogP contribution >= 0.6 is 0 Å². The fraction of sp³-hybridized carbons (Fsp3) is 0.923. The normalized spacial score (nSPS) is 36.6. The third-order valence-electron chi connectivity index (χ3n) is 4.10. The lowest BCUT2D eigenvalue weighted by Crippen LogP contribution is -2.52. The Bertz CT molecular complexity index is 305. The highest BCUT2D eigenvalue weighted by Crippen LogP contribution is 2.29. The zero-order chi connectivity index (χ0) is 13.2. The molecule has 2 N–H and O–H groups in total. The number of nitrogens with two attached hydrogens (primary N) is 1. The summed E-state index contributed by atoms with van der Waals surface area (Å²) in [7, 11) is 1.83. The number of amides is 1. The van der Waals surface area contributed by atoms with Crippen molar-refractivity contribution in [2.24, 2.45) is 11.1 Å². The molecule has 3 atom stereocenters. The van der Waals surface area contributed by atoms with Gasteiger partial charge in [-0.25, -0.2) is 0 Å². The summed E-state index contributed by atoms with van der Waals surface area (Å²) >= 11 is 0. The summed E-state index contributed by atoms with van der Waals surface area (Å²) in [6.07, 6.45) is 3.53. The maximum atomic E-state index is 12.5. The Labute approximate surface area is 109 Å². The van der Waals surface area contributed by atoms with E-state index in [9.17, 15) is 4.79 Å². The van der Waals surface area contributed by atoms with Crippen molar-refractivity contribution in [3.8, 4) is 0 Å². The number of carbonyl (C=O) groups excluding carboxylic acids is 1. The van der Waals surface area contributed by atoms with Gasteiger partial charge in [-0.05, 0) is 26.2 Å². The molecule has 2 aliphatic heterocycles. The first-order chi connectivity index (χ1) is 8.54. The van der Waals surface area contributed by atoms with Crippen LogP contribution in [0.5, 0.6) is 0 Å². The summed E-state index contributed by atoms with van der Waals surface area (Å²) in [4.78, 5) is 14.2. The van der Waals surface area contributed by atoms with E-state index in [1.807, 2.05) is 14.0 Å². The summed E-state index contributed by atoms with van der Waals surface area (Å²) in [6, 6.07) is -0.209. The van der Waals surface area contributed by atoms with Gasteiger partial charge >= 0.3 is 0 Å². The molecule has 2 aliphatic rings. The highest BCUT2D eigenvalue weighted by Gasteiger charge is 2.45. The van der Waals surface area contributed by atoms with Crippen LogP contribution in [0.15, 0.2) is 0 Å². The summed E-state index contributed by atoms with van der Waals surface area (Å²) in [5.41, 5.74) is 5.40. The van der Waals surface area contributed by atoms with Gasteiger partial charge in [-0.1, -0.05) is 0 Å². The number of likely N-dealkylation sites (N-methyl/N-ethyl adjacent to an activating group) is 1. The Balaban J connectivity index is 1.91. The molecule has 0 aromatic rings. The van der Waals surface area contributed by atoms with Crippen LogP contribution in [0.1, 0.15) is 26.2 Å². The van der Waals surface area contributed by atoms with E-state index in [2.05, 4.69) is 0 Å². The van der Waals surface area contributed by atoms with E-state index >= 15 is 0 Å². The molecule has 0 spiro atoms. The highest BCUT2D eigenvalue weighted by molar-refractivity contribution is 5.83. The van der Waals surface area contributed by atoms with E-state index in [-0.39, 0.29) is 18.1 Å². The SMILES string of the molecule is CN(CC1CCCCO1)C(=O)C1(C)COCC1N. The summed E-state index contributed by atoms with van der Waals surface area (Å²) in [5.74, 6) is 0.0710. The van der Waals surface area contributed by atoms with Crippen LogP contribution in [0.3, 0.4) is 0 Å². The van der Waals surface area contributed by atoms with E-state index in [1.165, 1.54) is 6.42 Å². The zero-order valence-corrected chi connectivity index (χ0v) is 11.4. The molecule has 1 amide bonds. The van der Waals surface area contributed by atoms with Crippen molar-refractivity contribution in [2.75, 3.05) is 33.4 Å². The Kier molecular flexibility index (Phi) is 4.25. The minimum atomic E-state index is -0.580. The van der Waals surface area contributed by atoms with Gasteiger partial charge in [-0.2, -0.15) is 0 Å². The molecule has 0 saturated carbocycles. The van der Waals surface area contributed by atoms with E-state index in [0.717, 1.165) is 19.4 Å². The maximum Gasteiger partial charge on any atom is 0.232 e. The number of hydrogen-bond donors (Lipinski definition) is 1. The van der Waals surface area contributed by atoms with Crippen molar-refractivity contribution in [3.05, 3.63) is 0 Å². The zero-order valence-electron chi connectivity index (χ0n) is 11.4. The van der Waals surface area contributed by atoms with Crippen molar-refractivity contribution in [2.45, 2.75) is 38.3 Å². The average molecular weight is 256 g/mol. The van der Waals surface area contributed by atoms with Gasteiger partial charge in [0.2, 0.25) is 5.91 Å². The summed E-state index contributed by atoms with van der Waals surface area (Å²) < 4.78 is 11.0. The Hall–Kier alpha value is -0.650. The van der Waals surface area contributed by atoms with Gasteiger partial charge < -0.3 is 20.1 Å². The van der Waals surface area contributed by atoms with Crippen LogP contribution in [0.4, 0.5) is 0 Å². The van der Waals surface area contributed by atoms with Gasteiger partial charge in [0.15, 0.2) is 0 Å². The molecule has 0 radical (unpaired) electrons. The van der Waals surface area contributed by atoms with Crippen molar-refractivity contribution < 1.29 is 14.3 Å². The molecule has 2 rings (SSSR count). The Morgan fingerprint density at radius 1 is 1.50 bits per heavy atom. The van der Waals surface area contributed by atoms with Gasteiger partial charge in [0.05, 0.1) is 24.7 Å². The fourth-order valence-electron chi connectivity index (χ4n) is 2.68. The second kappa shape index (κ2) is 5.55. The predicted octanol–water partition coefficient (Wildman–Crippen LogP) is 0.378. The van der Waals surface area contributed by atoms with E-state index in [4.69, 9.17) is 15.2 Å². The third kappa shape index (κ3) is 2.68. The first-order valence-corrected chi connectivity index (χ1v) is 6.74. The van der Waals surface area contributed by atoms with Crippen molar-refractivity contribution in [3.63, 3.8) is 0 Å². The minimum Gasteiger partial charge on any atom is -0.379 e. The molecule has 104 valence electrons. The van der Waals surface area contributed by atoms with Gasteiger partial charge in [-0.3, -0.25) is 4.79 Å². The molecule has 5 nitrogen and oxygen atoms in total. The lowest BCUT2D eigenvalue weighted by Gasteiger charge is -2.33. The standard InChI is InChI=1S/C13H24N2O3/c1-13(9-17-8-11(13)14)12(16)15(2)7-10-5-3-4-6-18-10/h10-11H,3-9,14H2,1-2H3. The van der Waals surface area contributed by atoms with Crippen LogP contribution in [0, 0.1) is 5.41 Å². The van der Waals surface area contributed by atoms with Crippen LogP contribution in [0.25, 0.3) is 0 Å². The third-order valence-corrected chi connectivity index (χ3v) is 4.10. The smallest absolute Gasteiger partial charge is 0.232 e. The Morgan fingerprint density at radius 3 is 2.83 bits per heavy atom. The van der Waals surface area contributed by atoms with Crippen molar-refractivity contribution in [1.82, 2.24) is 4.90 Å². The van der Waals surface area contributed by atoms with Crippen LogP contribution < -0.4 is 5.73 Å². The highest BCUT2D eigenvalue weighted by atomic mass is 16.5. The molecule has 0 aliphatic carbocycles. The lowest BCUT2D eigenvalue weighted by molar-refractivity contribution is -0.142. The number of rotatable bonds is 3. The second-order valence-corrected chi connectivity index (χ2v) is 5.71. The largest absolute Gasteiger partial charge is 0.379 e. The molecule has 3 unspecified atom stereocenters. The molecule has 2 heterocycles. The van der Waals surface area contributed by atoms with Crippen LogP contribution in [-0.4, -0.2) is 56.4 Å². The molecule has 0 aromatic heterocycles. The van der Waals surface area contributed by atoms with E-state index in [1.54, 1.807) is 4.90 Å². The lowest BCUT2D eigenvalue weighted by atomic mass is 9.84. The molecule has 5 heteroatoms. The number of ether oxygens (including phenoxy) is 2. The van der Waals surface area contributed by atoms with Crippen molar-refractivity contribution in [1.29, 1.82) is 0 Å².